The van der Waals surface area contributed by atoms with E-state index in [9.17, 15) is 4.79 Å². The Morgan fingerprint density at radius 1 is 1.46 bits per heavy atom. The molecular formula is C18H26N4O2. The van der Waals surface area contributed by atoms with E-state index in [1.165, 1.54) is 0 Å². The second kappa shape index (κ2) is 7.77. The number of rotatable bonds is 6. The van der Waals surface area contributed by atoms with E-state index in [4.69, 9.17) is 9.72 Å². The number of benzene rings is 1. The van der Waals surface area contributed by atoms with Crippen molar-refractivity contribution >= 4 is 16.9 Å². The van der Waals surface area contributed by atoms with Gasteiger partial charge in [0.05, 0.1) is 24.2 Å². The van der Waals surface area contributed by atoms with Crippen LogP contribution in [0.15, 0.2) is 24.3 Å². The van der Waals surface area contributed by atoms with Gasteiger partial charge in [0, 0.05) is 38.0 Å². The van der Waals surface area contributed by atoms with Gasteiger partial charge in [-0.2, -0.15) is 0 Å². The molecule has 6 nitrogen and oxygen atoms in total. The summed E-state index contributed by atoms with van der Waals surface area (Å²) in [5.74, 6) is 1.08. The number of hydrogen-bond donors (Lipinski definition) is 2. The molecule has 1 aliphatic heterocycles. The summed E-state index contributed by atoms with van der Waals surface area (Å²) in [6.45, 7) is 7.06. The van der Waals surface area contributed by atoms with Crippen molar-refractivity contribution in [3.63, 3.8) is 0 Å². The molecule has 1 fully saturated rings. The lowest BCUT2D eigenvalue weighted by Crippen LogP contribution is -2.44. The summed E-state index contributed by atoms with van der Waals surface area (Å²) in [6, 6.07) is 8.63. The predicted octanol–water partition coefficient (Wildman–Crippen LogP) is 1.65. The van der Waals surface area contributed by atoms with Crippen molar-refractivity contribution in [2.24, 2.45) is 0 Å². The van der Waals surface area contributed by atoms with Crippen LogP contribution in [-0.2, 0) is 16.0 Å². The number of aromatic nitrogens is 2. The van der Waals surface area contributed by atoms with Gasteiger partial charge >= 0.3 is 0 Å². The van der Waals surface area contributed by atoms with Crippen LogP contribution in [0.1, 0.15) is 32.1 Å². The van der Waals surface area contributed by atoms with Gasteiger partial charge < -0.3 is 19.9 Å². The molecule has 0 aliphatic carbocycles. The Labute approximate surface area is 142 Å². The molecule has 1 aromatic heterocycles. The van der Waals surface area contributed by atoms with E-state index < -0.39 is 0 Å². The number of para-hydroxylation sites is 2. The van der Waals surface area contributed by atoms with E-state index in [0.29, 0.717) is 25.6 Å². The first-order valence-corrected chi connectivity index (χ1v) is 8.69. The van der Waals surface area contributed by atoms with Gasteiger partial charge in [0.2, 0.25) is 5.91 Å². The summed E-state index contributed by atoms with van der Waals surface area (Å²) in [6.07, 6.45) is 1.19. The number of ether oxygens (including phenoxy) is 1. The lowest BCUT2D eigenvalue weighted by atomic mass is 10.2. The van der Waals surface area contributed by atoms with Crippen molar-refractivity contribution < 1.29 is 9.53 Å². The van der Waals surface area contributed by atoms with Crippen molar-refractivity contribution in [3.05, 3.63) is 30.1 Å². The molecule has 2 heterocycles. The Morgan fingerprint density at radius 2 is 2.29 bits per heavy atom. The van der Waals surface area contributed by atoms with Crippen molar-refractivity contribution in [2.75, 3.05) is 26.3 Å². The third-order valence-corrected chi connectivity index (χ3v) is 4.29. The van der Waals surface area contributed by atoms with E-state index in [1.54, 1.807) is 0 Å². The topological polar surface area (TPSA) is 68.2 Å². The number of imidazole rings is 1. The summed E-state index contributed by atoms with van der Waals surface area (Å²) in [5.41, 5.74) is 2.16. The van der Waals surface area contributed by atoms with Crippen LogP contribution in [0.5, 0.6) is 0 Å². The third-order valence-electron chi connectivity index (χ3n) is 4.29. The molecule has 1 unspecified atom stereocenters. The maximum Gasteiger partial charge on any atom is 0.221 e. The molecule has 0 spiro atoms. The minimum absolute atomic E-state index is 0.0604. The van der Waals surface area contributed by atoms with Crippen LogP contribution in [0.2, 0.25) is 0 Å². The Hall–Kier alpha value is -1.92. The standard InChI is InChI=1S/C18H26N4O2/c1-13(2)22-16-6-4-3-5-15(16)21-17(22)7-8-20-18(23)11-14-12-24-10-9-19-14/h3-6,13-14,19H,7-12H2,1-2H3,(H,20,23). The number of morpholine rings is 1. The monoisotopic (exact) mass is 330 g/mol. The number of amides is 1. The first kappa shape index (κ1) is 16.9. The minimum Gasteiger partial charge on any atom is -0.378 e. The first-order chi connectivity index (χ1) is 11.6. The third kappa shape index (κ3) is 3.94. The molecule has 130 valence electrons. The largest absolute Gasteiger partial charge is 0.378 e. The summed E-state index contributed by atoms with van der Waals surface area (Å²) < 4.78 is 7.62. The SMILES string of the molecule is CC(C)n1c(CCNC(=O)CC2COCCN2)nc2ccccc21. The molecule has 1 atom stereocenters. The van der Waals surface area contributed by atoms with Gasteiger partial charge in [-0.25, -0.2) is 4.98 Å². The zero-order valence-corrected chi connectivity index (χ0v) is 14.4. The molecule has 0 saturated carbocycles. The molecule has 1 aromatic carbocycles. The smallest absolute Gasteiger partial charge is 0.221 e. The average molecular weight is 330 g/mol. The maximum atomic E-state index is 12.1. The van der Waals surface area contributed by atoms with Gasteiger partial charge in [-0.3, -0.25) is 4.79 Å². The number of carbonyl (C=O) groups excluding carboxylic acids is 1. The predicted molar refractivity (Wildman–Crippen MR) is 94.1 cm³/mol. The molecule has 6 heteroatoms. The van der Waals surface area contributed by atoms with Crippen LogP contribution in [0.4, 0.5) is 0 Å². The minimum atomic E-state index is 0.0604. The number of nitrogens with zero attached hydrogens (tertiary/aromatic N) is 2. The van der Waals surface area contributed by atoms with Gasteiger partial charge in [0.1, 0.15) is 5.82 Å². The number of nitrogens with one attached hydrogen (secondary N) is 2. The van der Waals surface area contributed by atoms with Crippen LogP contribution in [-0.4, -0.2) is 47.8 Å². The number of carbonyl (C=O) groups is 1. The summed E-state index contributed by atoms with van der Waals surface area (Å²) in [5, 5.41) is 6.30. The van der Waals surface area contributed by atoms with E-state index in [2.05, 4.69) is 35.1 Å². The lowest BCUT2D eigenvalue weighted by molar-refractivity contribution is -0.122. The fourth-order valence-corrected chi connectivity index (χ4v) is 3.21. The highest BCUT2D eigenvalue weighted by Crippen LogP contribution is 2.20. The number of fused-ring (bicyclic) bond motifs is 1. The first-order valence-electron chi connectivity index (χ1n) is 8.69. The van der Waals surface area contributed by atoms with Gasteiger partial charge in [-0.05, 0) is 26.0 Å². The Bertz CT molecular complexity index is 689. The van der Waals surface area contributed by atoms with Crippen LogP contribution >= 0.6 is 0 Å². The highest BCUT2D eigenvalue weighted by Gasteiger charge is 2.17. The summed E-state index contributed by atoms with van der Waals surface area (Å²) in [4.78, 5) is 16.8. The highest BCUT2D eigenvalue weighted by molar-refractivity contribution is 5.77. The molecule has 2 aromatic rings. The van der Waals surface area contributed by atoms with Crippen LogP contribution in [0, 0.1) is 0 Å². The van der Waals surface area contributed by atoms with Gasteiger partial charge in [0.15, 0.2) is 0 Å². The molecule has 2 N–H and O–H groups in total. The Balaban J connectivity index is 1.57. The molecule has 3 rings (SSSR count). The Kier molecular flexibility index (Phi) is 5.48. The molecule has 1 aliphatic rings. The van der Waals surface area contributed by atoms with Crippen LogP contribution in [0.25, 0.3) is 11.0 Å². The highest BCUT2D eigenvalue weighted by atomic mass is 16.5. The molecule has 0 radical (unpaired) electrons. The average Bonchev–Trinajstić information content (AvgIpc) is 2.94. The van der Waals surface area contributed by atoms with Crippen molar-refractivity contribution in [1.29, 1.82) is 0 Å². The summed E-state index contributed by atoms with van der Waals surface area (Å²) >= 11 is 0. The fraction of sp³-hybridized carbons (Fsp3) is 0.556. The molecule has 24 heavy (non-hydrogen) atoms. The normalized spacial score (nSPS) is 18.2. The Morgan fingerprint density at radius 3 is 3.04 bits per heavy atom. The number of hydrogen-bond acceptors (Lipinski definition) is 4. The lowest BCUT2D eigenvalue weighted by Gasteiger charge is -2.23. The second-order valence-corrected chi connectivity index (χ2v) is 6.51. The molecule has 0 bridgehead atoms. The zero-order chi connectivity index (χ0) is 16.9. The van der Waals surface area contributed by atoms with E-state index in [-0.39, 0.29) is 11.9 Å². The van der Waals surface area contributed by atoms with Gasteiger partial charge in [0.25, 0.3) is 0 Å². The quantitative estimate of drug-likeness (QED) is 0.845. The summed E-state index contributed by atoms with van der Waals surface area (Å²) in [7, 11) is 0. The van der Waals surface area contributed by atoms with Crippen molar-refractivity contribution in [2.45, 2.75) is 38.8 Å². The van der Waals surface area contributed by atoms with Gasteiger partial charge in [-0.15, -0.1) is 0 Å². The molecular weight excluding hydrogens is 304 g/mol. The van der Waals surface area contributed by atoms with E-state index >= 15 is 0 Å². The maximum absolute atomic E-state index is 12.1. The fourth-order valence-electron chi connectivity index (χ4n) is 3.21. The van der Waals surface area contributed by atoms with Crippen LogP contribution < -0.4 is 10.6 Å². The molecule has 1 saturated heterocycles. The van der Waals surface area contributed by atoms with Crippen LogP contribution in [0.3, 0.4) is 0 Å². The molecule has 1 amide bonds. The van der Waals surface area contributed by atoms with E-state index in [0.717, 1.165) is 36.4 Å². The van der Waals surface area contributed by atoms with E-state index in [1.807, 2.05) is 18.2 Å². The second-order valence-electron chi connectivity index (χ2n) is 6.51. The zero-order valence-electron chi connectivity index (χ0n) is 14.4. The van der Waals surface area contributed by atoms with Crippen molar-refractivity contribution in [3.8, 4) is 0 Å². The van der Waals surface area contributed by atoms with Crippen molar-refractivity contribution in [1.82, 2.24) is 20.2 Å². The van der Waals surface area contributed by atoms with Gasteiger partial charge in [-0.1, -0.05) is 12.1 Å².